The normalized spacial score (nSPS) is 14.7. The second kappa shape index (κ2) is 5.87. The van der Waals surface area contributed by atoms with Crippen LogP contribution in [0.4, 0.5) is 5.69 Å². The molecule has 94 valence electrons. The summed E-state index contributed by atoms with van der Waals surface area (Å²) >= 11 is 0. The van der Waals surface area contributed by atoms with Crippen molar-refractivity contribution < 1.29 is 9.47 Å². The Kier molecular flexibility index (Phi) is 4.20. The summed E-state index contributed by atoms with van der Waals surface area (Å²) in [6.45, 7) is 4.41. The molecule has 1 aromatic heterocycles. The molecule has 1 aliphatic carbocycles. The van der Waals surface area contributed by atoms with Gasteiger partial charge in [-0.1, -0.05) is 0 Å². The number of hydrogen-bond donors (Lipinski definition) is 1. The zero-order valence-electron chi connectivity index (χ0n) is 10.5. The van der Waals surface area contributed by atoms with Gasteiger partial charge in [0, 0.05) is 18.8 Å². The largest absolute Gasteiger partial charge is 0.493 e. The summed E-state index contributed by atoms with van der Waals surface area (Å²) in [5, 5.41) is 3.31. The highest BCUT2D eigenvalue weighted by molar-refractivity contribution is 5.55. The van der Waals surface area contributed by atoms with Crippen molar-refractivity contribution in [2.45, 2.75) is 19.8 Å². The number of anilines is 1. The lowest BCUT2D eigenvalue weighted by atomic mass is 10.3. The summed E-state index contributed by atoms with van der Waals surface area (Å²) in [6.07, 6.45) is 4.42. The smallest absolute Gasteiger partial charge is 0.160 e. The van der Waals surface area contributed by atoms with E-state index in [0.717, 1.165) is 42.8 Å². The number of methoxy groups -OCH3 is 1. The standard InChI is InChI=1S/C13H20N2O2/c1-10-7-12(13(16-2)8-15-10)14-5-6-17-9-11-3-4-11/h7-8,11H,3-6,9H2,1-2H3,(H,14,15). The van der Waals surface area contributed by atoms with Gasteiger partial charge < -0.3 is 14.8 Å². The van der Waals surface area contributed by atoms with E-state index in [1.165, 1.54) is 12.8 Å². The van der Waals surface area contributed by atoms with Crippen LogP contribution in [0.25, 0.3) is 0 Å². The van der Waals surface area contributed by atoms with Crippen molar-refractivity contribution in [3.63, 3.8) is 0 Å². The molecule has 0 radical (unpaired) electrons. The first kappa shape index (κ1) is 12.2. The molecule has 0 atom stereocenters. The average molecular weight is 236 g/mol. The Labute approximate surface area is 102 Å². The fraction of sp³-hybridized carbons (Fsp3) is 0.615. The number of pyridine rings is 1. The van der Waals surface area contributed by atoms with Crippen molar-refractivity contribution >= 4 is 5.69 Å². The van der Waals surface area contributed by atoms with E-state index in [2.05, 4.69) is 10.3 Å². The van der Waals surface area contributed by atoms with Crippen LogP contribution in [0.15, 0.2) is 12.3 Å². The molecule has 0 amide bonds. The maximum Gasteiger partial charge on any atom is 0.160 e. The molecule has 2 rings (SSSR count). The fourth-order valence-electron chi connectivity index (χ4n) is 1.64. The van der Waals surface area contributed by atoms with E-state index in [1.807, 2.05) is 13.0 Å². The Balaban J connectivity index is 1.74. The first-order chi connectivity index (χ1) is 8.29. The van der Waals surface area contributed by atoms with E-state index in [4.69, 9.17) is 9.47 Å². The summed E-state index contributed by atoms with van der Waals surface area (Å²) in [5.41, 5.74) is 1.96. The van der Waals surface area contributed by atoms with Crippen LogP contribution in [0.1, 0.15) is 18.5 Å². The van der Waals surface area contributed by atoms with Gasteiger partial charge in [0.2, 0.25) is 0 Å². The Bertz CT molecular complexity index is 364. The van der Waals surface area contributed by atoms with Crippen LogP contribution in [0.2, 0.25) is 0 Å². The average Bonchev–Trinajstić information content (AvgIpc) is 3.13. The molecule has 4 nitrogen and oxygen atoms in total. The van der Waals surface area contributed by atoms with Crippen LogP contribution in [0.3, 0.4) is 0 Å². The number of nitrogens with zero attached hydrogens (tertiary/aromatic N) is 1. The van der Waals surface area contributed by atoms with Crippen molar-refractivity contribution in [2.75, 3.05) is 32.2 Å². The molecule has 1 aromatic rings. The van der Waals surface area contributed by atoms with Gasteiger partial charge in [-0.25, -0.2) is 0 Å². The van der Waals surface area contributed by atoms with Crippen LogP contribution >= 0.6 is 0 Å². The molecular weight excluding hydrogens is 216 g/mol. The molecule has 0 aromatic carbocycles. The summed E-state index contributed by atoms with van der Waals surface area (Å²) in [4.78, 5) is 4.19. The minimum Gasteiger partial charge on any atom is -0.493 e. The van der Waals surface area contributed by atoms with E-state index in [0.29, 0.717) is 0 Å². The zero-order valence-corrected chi connectivity index (χ0v) is 10.5. The van der Waals surface area contributed by atoms with Crippen LogP contribution in [0, 0.1) is 12.8 Å². The molecule has 0 spiro atoms. The molecule has 1 heterocycles. The van der Waals surface area contributed by atoms with E-state index in [9.17, 15) is 0 Å². The number of rotatable bonds is 7. The monoisotopic (exact) mass is 236 g/mol. The van der Waals surface area contributed by atoms with Gasteiger partial charge in [-0.05, 0) is 31.7 Å². The van der Waals surface area contributed by atoms with E-state index < -0.39 is 0 Å². The minimum atomic E-state index is 0.737. The molecule has 1 N–H and O–H groups in total. The van der Waals surface area contributed by atoms with Crippen LogP contribution in [-0.2, 0) is 4.74 Å². The molecule has 0 saturated heterocycles. The highest BCUT2D eigenvalue weighted by Gasteiger charge is 2.20. The first-order valence-corrected chi connectivity index (χ1v) is 6.12. The topological polar surface area (TPSA) is 43.4 Å². The predicted molar refractivity (Wildman–Crippen MR) is 67.6 cm³/mol. The molecular formula is C13H20N2O2. The Morgan fingerprint density at radius 3 is 3.00 bits per heavy atom. The van der Waals surface area contributed by atoms with Crippen molar-refractivity contribution in [1.29, 1.82) is 0 Å². The van der Waals surface area contributed by atoms with Crippen molar-refractivity contribution in [3.8, 4) is 5.75 Å². The lowest BCUT2D eigenvalue weighted by Crippen LogP contribution is -2.11. The third kappa shape index (κ3) is 3.89. The quantitative estimate of drug-likeness (QED) is 0.737. The van der Waals surface area contributed by atoms with E-state index in [-0.39, 0.29) is 0 Å². The second-order valence-electron chi connectivity index (χ2n) is 4.47. The van der Waals surface area contributed by atoms with Crippen LogP contribution in [0.5, 0.6) is 5.75 Å². The van der Waals surface area contributed by atoms with Gasteiger partial charge in [-0.3, -0.25) is 4.98 Å². The molecule has 17 heavy (non-hydrogen) atoms. The zero-order chi connectivity index (χ0) is 12.1. The van der Waals surface area contributed by atoms with Gasteiger partial charge in [0.1, 0.15) is 0 Å². The molecule has 4 heteroatoms. The summed E-state index contributed by atoms with van der Waals surface area (Å²) in [7, 11) is 1.65. The molecule has 1 aliphatic rings. The first-order valence-electron chi connectivity index (χ1n) is 6.12. The van der Waals surface area contributed by atoms with Crippen molar-refractivity contribution in [2.24, 2.45) is 5.92 Å². The summed E-state index contributed by atoms with van der Waals surface area (Å²) in [6, 6.07) is 1.99. The van der Waals surface area contributed by atoms with Crippen LogP contribution in [-0.4, -0.2) is 31.9 Å². The van der Waals surface area contributed by atoms with Crippen molar-refractivity contribution in [1.82, 2.24) is 4.98 Å². The van der Waals surface area contributed by atoms with Gasteiger partial charge in [-0.2, -0.15) is 0 Å². The summed E-state index contributed by atoms with van der Waals surface area (Å²) < 4.78 is 10.8. The number of aromatic nitrogens is 1. The van der Waals surface area contributed by atoms with Gasteiger partial charge in [0.15, 0.2) is 5.75 Å². The van der Waals surface area contributed by atoms with Crippen LogP contribution < -0.4 is 10.1 Å². The SMILES string of the molecule is COc1cnc(C)cc1NCCOCC1CC1. The fourth-order valence-corrected chi connectivity index (χ4v) is 1.64. The lowest BCUT2D eigenvalue weighted by Gasteiger charge is -2.11. The molecule has 1 fully saturated rings. The van der Waals surface area contributed by atoms with E-state index in [1.54, 1.807) is 13.3 Å². The van der Waals surface area contributed by atoms with Gasteiger partial charge in [0.25, 0.3) is 0 Å². The Hall–Kier alpha value is -1.29. The third-order valence-corrected chi connectivity index (χ3v) is 2.84. The Morgan fingerprint density at radius 2 is 2.29 bits per heavy atom. The van der Waals surface area contributed by atoms with Gasteiger partial charge in [0.05, 0.1) is 25.6 Å². The minimum absolute atomic E-state index is 0.737. The number of aryl methyl sites for hydroxylation is 1. The second-order valence-corrected chi connectivity index (χ2v) is 4.47. The number of hydrogen-bond acceptors (Lipinski definition) is 4. The predicted octanol–water partition coefficient (Wildman–Crippen LogP) is 2.24. The summed E-state index contributed by atoms with van der Waals surface area (Å²) in [5.74, 6) is 1.60. The molecule has 0 bridgehead atoms. The lowest BCUT2D eigenvalue weighted by molar-refractivity contribution is 0.134. The molecule has 0 unspecified atom stereocenters. The molecule has 0 aliphatic heterocycles. The maximum atomic E-state index is 5.56. The van der Waals surface area contributed by atoms with E-state index >= 15 is 0 Å². The van der Waals surface area contributed by atoms with Crippen molar-refractivity contribution in [3.05, 3.63) is 18.0 Å². The van der Waals surface area contributed by atoms with Gasteiger partial charge >= 0.3 is 0 Å². The number of ether oxygens (including phenoxy) is 2. The van der Waals surface area contributed by atoms with Gasteiger partial charge in [-0.15, -0.1) is 0 Å². The highest BCUT2D eigenvalue weighted by Crippen LogP contribution is 2.28. The number of nitrogens with one attached hydrogen (secondary N) is 1. The molecule has 1 saturated carbocycles. The Morgan fingerprint density at radius 1 is 1.47 bits per heavy atom. The highest BCUT2D eigenvalue weighted by atomic mass is 16.5. The maximum absolute atomic E-state index is 5.56. The third-order valence-electron chi connectivity index (χ3n) is 2.84.